The number of fused-ring (bicyclic) bond motifs is 2. The van der Waals surface area contributed by atoms with Crippen LogP contribution in [0.5, 0.6) is 0 Å². The molecule has 496 valence electrons. The highest BCUT2D eigenvalue weighted by Crippen LogP contribution is 2.61. The molecule has 12 fully saturated rings. The van der Waals surface area contributed by atoms with Crippen molar-refractivity contribution >= 4 is 74.0 Å². The van der Waals surface area contributed by atoms with Crippen LogP contribution in [0.2, 0.25) is 0 Å². The van der Waals surface area contributed by atoms with Crippen LogP contribution in [-0.2, 0) is 126 Å². The smallest absolute Gasteiger partial charge is 0.302 e. The molecule has 0 radical (unpaired) electrons. The van der Waals surface area contributed by atoms with Crippen LogP contribution in [0.15, 0.2) is 60.7 Å². The van der Waals surface area contributed by atoms with Crippen LogP contribution >= 0.6 is 0 Å². The second-order valence-corrected chi connectivity index (χ2v) is 35.4. The Balaban J connectivity index is 0.000000177. The summed E-state index contributed by atoms with van der Waals surface area (Å²) in [6.07, 6.45) is 3.82. The van der Waals surface area contributed by atoms with E-state index in [0.29, 0.717) is 59.8 Å². The van der Waals surface area contributed by atoms with Crippen molar-refractivity contribution in [2.75, 3.05) is 51.5 Å². The van der Waals surface area contributed by atoms with E-state index in [1.807, 2.05) is 36.4 Å². The van der Waals surface area contributed by atoms with Crippen molar-refractivity contribution in [3.63, 3.8) is 0 Å². The van der Waals surface area contributed by atoms with Crippen LogP contribution < -0.4 is 0 Å². The van der Waals surface area contributed by atoms with Crippen molar-refractivity contribution in [1.29, 1.82) is 0 Å². The Kier molecular flexibility index (Phi) is 22.4. The Labute approximate surface area is 522 Å². The Morgan fingerprint density at radius 1 is 0.455 bits per heavy atom. The zero-order chi connectivity index (χ0) is 63.7. The SMILES string of the molecule is CCOC(C)=O.CCOC(C)=O.CS(=O)(=O)O[C@@H]1[C@@H](OS(C)(=O)=O)[C@H]([S@](=O)C23CC4CC(CC(C4)C2)C3)O[C@@H]2CO[C@@H](c3ccccc3)O[C@@H]12.CS(=O)(=O)O[C@@H]1[C@@H](OS(C)(=O)=O)[C@H]([S@](=O)C23CC4CC(CC(C4)C2)C3)O[C@@H]2CO[C@@H](c3ccccc3)O[C@@H]12. The summed E-state index contributed by atoms with van der Waals surface area (Å²) in [6, 6.07) is 18.2. The van der Waals surface area contributed by atoms with Crippen LogP contribution in [0.4, 0.5) is 0 Å². The van der Waals surface area contributed by atoms with Gasteiger partial charge in [0.05, 0.1) is 73.0 Å². The fourth-order valence-electron chi connectivity index (χ4n) is 15.7. The van der Waals surface area contributed by atoms with E-state index < -0.39 is 144 Å². The zero-order valence-corrected chi connectivity index (χ0v) is 55.6. The third-order valence-electron chi connectivity index (χ3n) is 17.8. The lowest BCUT2D eigenvalue weighted by Gasteiger charge is -2.57. The minimum Gasteiger partial charge on any atom is -0.466 e. The molecule has 4 heterocycles. The van der Waals surface area contributed by atoms with Crippen LogP contribution in [0.3, 0.4) is 0 Å². The average molecular weight is 1360 g/mol. The molecule has 8 aliphatic carbocycles. The van der Waals surface area contributed by atoms with Crippen molar-refractivity contribution in [1.82, 2.24) is 0 Å². The summed E-state index contributed by atoms with van der Waals surface area (Å²) in [6.45, 7) is 7.35. The van der Waals surface area contributed by atoms with E-state index in [-0.39, 0.29) is 25.2 Å². The number of carbonyl (C=O) groups excluding carboxylic acids is 2. The molecular formula is C58H84O24S6. The number of benzene rings is 2. The molecule has 0 aromatic heterocycles. The van der Waals surface area contributed by atoms with Gasteiger partial charge in [-0.1, -0.05) is 60.7 Å². The molecule has 0 amide bonds. The van der Waals surface area contributed by atoms with Gasteiger partial charge in [-0.3, -0.25) is 34.7 Å². The van der Waals surface area contributed by atoms with Gasteiger partial charge in [0.1, 0.15) is 48.8 Å². The highest BCUT2D eigenvalue weighted by atomic mass is 32.2. The molecule has 12 aliphatic rings. The van der Waals surface area contributed by atoms with Gasteiger partial charge in [0, 0.05) is 34.5 Å². The van der Waals surface area contributed by atoms with E-state index in [1.54, 1.807) is 38.1 Å². The molecule has 30 heteroatoms. The quantitative estimate of drug-likeness (QED) is 0.146. The monoisotopic (exact) mass is 1360 g/mol. The maximum atomic E-state index is 14.4. The minimum atomic E-state index is -4.11. The Morgan fingerprint density at radius 3 is 0.966 bits per heavy atom. The van der Waals surface area contributed by atoms with Crippen LogP contribution in [0.1, 0.15) is 128 Å². The Morgan fingerprint density at radius 2 is 0.727 bits per heavy atom. The predicted molar refractivity (Wildman–Crippen MR) is 319 cm³/mol. The predicted octanol–water partition coefficient (Wildman–Crippen LogP) is 5.60. The molecule has 4 aliphatic heterocycles. The van der Waals surface area contributed by atoms with Crippen molar-refractivity contribution < 1.29 is 106 Å². The molecule has 14 atom stereocenters. The number of esters is 2. The molecule has 0 N–H and O–H groups in total. The average Bonchev–Trinajstić information content (AvgIpc) is 0.747. The standard InChI is InChI=1S/2C25H34O10S3.2C4H8O2/c2*1-37(27,28)34-21-20-19(14-31-23(33-20)18-6-4-3-5-7-18)32-24(22(21)35-38(2,29)30)36(26)25-11-15-8-16(12-25)10-17(9-15)13-25;2*1-3-6-4(2)5/h2*3-7,15-17,19-24H,8-14H2,1-2H3;2*3H2,1-2H3/t2*15?,16?,17?,19-,20-,21+,22-,23-,24+,25?,36+;;/m11../s1. The van der Waals surface area contributed by atoms with E-state index in [2.05, 4.69) is 9.47 Å². The van der Waals surface area contributed by atoms with Crippen molar-refractivity contribution in [2.45, 2.75) is 187 Å². The summed E-state index contributed by atoms with van der Waals surface area (Å²) in [4.78, 5) is 19.6. The molecule has 0 spiro atoms. The third-order valence-corrected chi connectivity index (χ3v) is 24.4. The van der Waals surface area contributed by atoms with E-state index in [4.69, 9.17) is 45.2 Å². The van der Waals surface area contributed by atoms with E-state index in [9.17, 15) is 51.7 Å². The summed E-state index contributed by atoms with van der Waals surface area (Å²) in [7, 11) is -19.8. The second-order valence-electron chi connectivity index (χ2n) is 25.1. The second kappa shape index (κ2) is 28.3. The normalized spacial score (nSPS) is 38.6. The highest BCUT2D eigenvalue weighted by molar-refractivity contribution is 7.88. The Hall–Kier alpha value is -2.92. The molecule has 88 heavy (non-hydrogen) atoms. The third kappa shape index (κ3) is 17.5. The summed E-state index contributed by atoms with van der Waals surface area (Å²) >= 11 is 0. The summed E-state index contributed by atoms with van der Waals surface area (Å²) in [5.74, 6) is 2.53. The lowest BCUT2D eigenvalue weighted by molar-refractivity contribution is -0.312. The maximum Gasteiger partial charge on any atom is 0.302 e. The minimum absolute atomic E-state index is 0.0218. The lowest BCUT2D eigenvalue weighted by atomic mass is 9.56. The largest absolute Gasteiger partial charge is 0.466 e. The number of ether oxygens (including phenoxy) is 8. The first-order valence-corrected chi connectivity index (χ1v) is 39.6. The van der Waals surface area contributed by atoms with E-state index in [0.717, 1.165) is 102 Å². The van der Waals surface area contributed by atoms with Crippen molar-refractivity contribution in [3.05, 3.63) is 71.8 Å². The van der Waals surface area contributed by atoms with Gasteiger partial charge >= 0.3 is 11.9 Å². The topological polar surface area (TPSA) is 316 Å². The molecule has 14 rings (SSSR count). The summed E-state index contributed by atoms with van der Waals surface area (Å²) < 4.78 is 195. The molecular weight excluding hydrogens is 1270 g/mol. The first-order valence-electron chi connectivity index (χ1n) is 29.9. The number of carbonyl (C=O) groups is 2. The fraction of sp³-hybridized carbons (Fsp3) is 0.759. The van der Waals surface area contributed by atoms with Crippen LogP contribution in [-0.4, -0.2) is 175 Å². The highest BCUT2D eigenvalue weighted by Gasteiger charge is 2.64. The van der Waals surface area contributed by atoms with Gasteiger partial charge in [-0.15, -0.1) is 0 Å². The van der Waals surface area contributed by atoms with Crippen LogP contribution in [0.25, 0.3) is 0 Å². The molecule has 8 bridgehead atoms. The van der Waals surface area contributed by atoms with Gasteiger partial charge in [-0.25, -0.2) is 0 Å². The van der Waals surface area contributed by atoms with Gasteiger partial charge < -0.3 is 37.9 Å². The van der Waals surface area contributed by atoms with Gasteiger partial charge in [0.15, 0.2) is 23.5 Å². The fourth-order valence-corrected chi connectivity index (χ4v) is 23.1. The number of rotatable bonds is 16. The molecule has 2 aromatic rings. The first-order chi connectivity index (χ1) is 41.3. The van der Waals surface area contributed by atoms with Crippen LogP contribution in [0, 0.1) is 35.5 Å². The van der Waals surface area contributed by atoms with E-state index in [1.165, 1.54) is 13.8 Å². The zero-order valence-electron chi connectivity index (χ0n) is 50.7. The molecule has 0 unspecified atom stereocenters. The van der Waals surface area contributed by atoms with Gasteiger partial charge in [-0.05, 0) is 126 Å². The first kappa shape index (κ1) is 69.4. The number of hydrogen-bond donors (Lipinski definition) is 0. The molecule has 24 nitrogen and oxygen atoms in total. The van der Waals surface area contributed by atoms with Gasteiger partial charge in [0.2, 0.25) is 0 Å². The molecule has 8 saturated carbocycles. The number of hydrogen-bond acceptors (Lipinski definition) is 24. The van der Waals surface area contributed by atoms with Crippen molar-refractivity contribution in [2.24, 2.45) is 35.5 Å². The van der Waals surface area contributed by atoms with Gasteiger partial charge in [-0.2, -0.15) is 33.7 Å². The molecule has 2 aromatic carbocycles. The lowest BCUT2D eigenvalue weighted by Crippen LogP contribution is -2.67. The summed E-state index contributed by atoms with van der Waals surface area (Å²) in [5.41, 5.74) is -1.06. The maximum absolute atomic E-state index is 14.4. The van der Waals surface area contributed by atoms with Gasteiger partial charge in [0.25, 0.3) is 40.5 Å². The van der Waals surface area contributed by atoms with Crippen molar-refractivity contribution in [3.8, 4) is 0 Å². The summed E-state index contributed by atoms with van der Waals surface area (Å²) in [5, 5.41) is 0. The van der Waals surface area contributed by atoms with E-state index >= 15 is 0 Å². The molecule has 4 saturated heterocycles. The Bertz CT molecular complexity index is 2970.